The van der Waals surface area contributed by atoms with Crippen LogP contribution in [0.3, 0.4) is 0 Å². The van der Waals surface area contributed by atoms with E-state index in [0.717, 1.165) is 55.6 Å². The molecule has 0 bridgehead atoms. The number of fused-ring (bicyclic) bond motifs is 7. The summed E-state index contributed by atoms with van der Waals surface area (Å²) in [6.45, 7) is 0.287. The molecule has 1 spiro atoms. The Balaban J connectivity index is 1.58. The van der Waals surface area contributed by atoms with Crippen LogP contribution < -0.4 is 5.56 Å². The van der Waals surface area contributed by atoms with Crippen molar-refractivity contribution in [1.29, 1.82) is 0 Å². The van der Waals surface area contributed by atoms with Gasteiger partial charge in [-0.05, 0) is 73.3 Å². The molecule has 1 aromatic heterocycles. The van der Waals surface area contributed by atoms with E-state index in [0.29, 0.717) is 22.2 Å². The largest absolute Gasteiger partial charge is 0.396 e. The van der Waals surface area contributed by atoms with Gasteiger partial charge in [0.15, 0.2) is 0 Å². The first-order chi connectivity index (χ1) is 15.6. The van der Waals surface area contributed by atoms with E-state index in [1.165, 1.54) is 30.4 Å². The molecule has 1 N–H and O–H groups in total. The SMILES string of the molecule is O=c1nc2n(c3cccc(Cl)c13)-c1ccc(C3CCCC(CO)C3)cc1C21CCCCC1. The van der Waals surface area contributed by atoms with E-state index in [4.69, 9.17) is 16.6 Å². The van der Waals surface area contributed by atoms with Gasteiger partial charge in [-0.3, -0.25) is 9.36 Å². The zero-order valence-electron chi connectivity index (χ0n) is 18.3. The van der Waals surface area contributed by atoms with Gasteiger partial charge in [-0.25, -0.2) is 0 Å². The Morgan fingerprint density at radius 3 is 2.75 bits per heavy atom. The van der Waals surface area contributed by atoms with Crippen molar-refractivity contribution >= 4 is 22.5 Å². The summed E-state index contributed by atoms with van der Waals surface area (Å²) in [6, 6.07) is 12.6. The number of aromatic nitrogens is 2. The zero-order chi connectivity index (χ0) is 21.9. The molecule has 2 heterocycles. The molecule has 3 aliphatic rings. The van der Waals surface area contributed by atoms with Gasteiger partial charge in [0.2, 0.25) is 0 Å². The number of aliphatic hydroxyl groups is 1. The molecule has 2 atom stereocenters. The number of rotatable bonds is 2. The van der Waals surface area contributed by atoms with E-state index in [1.54, 1.807) is 6.07 Å². The summed E-state index contributed by atoms with van der Waals surface area (Å²) in [5.74, 6) is 1.81. The van der Waals surface area contributed by atoms with Crippen LogP contribution in [0.15, 0.2) is 41.2 Å². The van der Waals surface area contributed by atoms with Gasteiger partial charge in [0.25, 0.3) is 5.56 Å². The topological polar surface area (TPSA) is 55.1 Å². The van der Waals surface area contributed by atoms with E-state index >= 15 is 0 Å². The minimum atomic E-state index is -0.215. The quantitative estimate of drug-likeness (QED) is 0.533. The van der Waals surface area contributed by atoms with E-state index in [2.05, 4.69) is 22.8 Å². The molecule has 166 valence electrons. The van der Waals surface area contributed by atoms with Crippen LogP contribution in [0.2, 0.25) is 5.02 Å². The lowest BCUT2D eigenvalue weighted by atomic mass is 9.69. The lowest BCUT2D eigenvalue weighted by Crippen LogP contribution is -2.32. The Hall–Kier alpha value is -2.17. The number of benzene rings is 2. The summed E-state index contributed by atoms with van der Waals surface area (Å²) < 4.78 is 2.21. The Bertz CT molecular complexity index is 1260. The minimum absolute atomic E-state index is 0.190. The number of hydrogen-bond donors (Lipinski definition) is 1. The second kappa shape index (κ2) is 7.71. The molecule has 5 heteroatoms. The van der Waals surface area contributed by atoms with Crippen LogP contribution in [-0.2, 0) is 5.41 Å². The Kier molecular flexibility index (Phi) is 4.92. The standard InChI is InChI=1S/C27H29ClN2O2/c28-21-8-5-9-23-24(21)25(32)29-26-27(12-2-1-3-13-27)20-15-19(10-11-22(20)30(23)26)18-7-4-6-17(14-18)16-31/h5,8-11,15,17-18,31H,1-4,6-7,12-14,16H2. The number of nitrogens with zero attached hydrogens (tertiary/aromatic N) is 2. The summed E-state index contributed by atoms with van der Waals surface area (Å²) in [7, 11) is 0. The van der Waals surface area contributed by atoms with Gasteiger partial charge in [0, 0.05) is 6.61 Å². The van der Waals surface area contributed by atoms with Crippen LogP contribution >= 0.6 is 11.6 Å². The molecule has 0 amide bonds. The van der Waals surface area contributed by atoms with Crippen molar-refractivity contribution < 1.29 is 5.11 Å². The van der Waals surface area contributed by atoms with Crippen LogP contribution in [0, 0.1) is 5.92 Å². The van der Waals surface area contributed by atoms with Gasteiger partial charge in [-0.15, -0.1) is 0 Å². The molecule has 4 nitrogen and oxygen atoms in total. The first-order valence-corrected chi connectivity index (χ1v) is 12.5. The predicted molar refractivity (Wildman–Crippen MR) is 128 cm³/mol. The number of aliphatic hydroxyl groups excluding tert-OH is 1. The Morgan fingerprint density at radius 1 is 1.09 bits per heavy atom. The van der Waals surface area contributed by atoms with Gasteiger partial charge >= 0.3 is 0 Å². The molecule has 0 saturated heterocycles. The number of halogens is 1. The van der Waals surface area contributed by atoms with E-state index in [9.17, 15) is 9.90 Å². The zero-order valence-corrected chi connectivity index (χ0v) is 19.1. The van der Waals surface area contributed by atoms with Gasteiger partial charge in [-0.1, -0.05) is 55.5 Å². The van der Waals surface area contributed by atoms with Crippen LogP contribution in [0.25, 0.3) is 16.6 Å². The molecule has 2 aliphatic carbocycles. The van der Waals surface area contributed by atoms with Gasteiger partial charge in [-0.2, -0.15) is 4.98 Å². The smallest absolute Gasteiger partial charge is 0.282 e. The van der Waals surface area contributed by atoms with Crippen LogP contribution in [0.4, 0.5) is 0 Å². The van der Waals surface area contributed by atoms with E-state index in [-0.39, 0.29) is 17.6 Å². The molecular weight excluding hydrogens is 420 g/mol. The monoisotopic (exact) mass is 448 g/mol. The average molecular weight is 449 g/mol. The third-order valence-electron chi connectivity index (χ3n) is 8.29. The molecule has 2 fully saturated rings. The maximum atomic E-state index is 13.1. The third-order valence-corrected chi connectivity index (χ3v) is 8.61. The van der Waals surface area contributed by atoms with Crippen molar-refractivity contribution in [3.63, 3.8) is 0 Å². The fourth-order valence-corrected chi connectivity index (χ4v) is 6.96. The Morgan fingerprint density at radius 2 is 1.94 bits per heavy atom. The summed E-state index contributed by atoms with van der Waals surface area (Å²) >= 11 is 6.45. The van der Waals surface area contributed by atoms with Gasteiger partial charge in [0.05, 0.1) is 27.0 Å². The van der Waals surface area contributed by atoms with Crippen molar-refractivity contribution in [1.82, 2.24) is 9.55 Å². The minimum Gasteiger partial charge on any atom is -0.396 e. The van der Waals surface area contributed by atoms with Crippen molar-refractivity contribution in [3.8, 4) is 5.69 Å². The van der Waals surface area contributed by atoms with Crippen molar-refractivity contribution in [2.45, 2.75) is 69.1 Å². The van der Waals surface area contributed by atoms with E-state index < -0.39 is 0 Å². The van der Waals surface area contributed by atoms with Gasteiger partial charge in [0.1, 0.15) is 5.82 Å². The second-order valence-corrected chi connectivity index (χ2v) is 10.4. The highest BCUT2D eigenvalue weighted by Gasteiger charge is 2.46. The van der Waals surface area contributed by atoms with Crippen LogP contribution in [0.5, 0.6) is 0 Å². The predicted octanol–water partition coefficient (Wildman–Crippen LogP) is 5.87. The molecule has 2 unspecified atom stereocenters. The maximum Gasteiger partial charge on any atom is 0.282 e. The lowest BCUT2D eigenvalue weighted by Gasteiger charge is -2.34. The highest BCUT2D eigenvalue weighted by Crippen LogP contribution is 2.52. The maximum absolute atomic E-state index is 13.1. The molecule has 2 saturated carbocycles. The van der Waals surface area contributed by atoms with E-state index in [1.807, 2.05) is 12.1 Å². The lowest BCUT2D eigenvalue weighted by molar-refractivity contribution is 0.180. The summed E-state index contributed by atoms with van der Waals surface area (Å²) in [5.41, 5.74) is 4.32. The fraction of sp³-hybridized carbons (Fsp3) is 0.481. The van der Waals surface area contributed by atoms with Crippen LogP contribution in [0.1, 0.15) is 80.7 Å². The van der Waals surface area contributed by atoms with Gasteiger partial charge < -0.3 is 5.11 Å². The first kappa shape index (κ1) is 20.4. The summed E-state index contributed by atoms with van der Waals surface area (Å²) in [4.78, 5) is 17.8. The highest BCUT2D eigenvalue weighted by atomic mass is 35.5. The van der Waals surface area contributed by atoms with Crippen molar-refractivity contribution in [3.05, 3.63) is 68.7 Å². The first-order valence-electron chi connectivity index (χ1n) is 12.1. The highest BCUT2D eigenvalue weighted by molar-refractivity contribution is 6.35. The average Bonchev–Trinajstić information content (AvgIpc) is 3.08. The molecule has 3 aromatic rings. The molecule has 1 aliphatic heterocycles. The molecule has 6 rings (SSSR count). The van der Waals surface area contributed by atoms with Crippen molar-refractivity contribution in [2.24, 2.45) is 5.92 Å². The molecular formula is C27H29ClN2O2. The number of hydrogen-bond acceptors (Lipinski definition) is 3. The molecule has 32 heavy (non-hydrogen) atoms. The normalized spacial score (nSPS) is 23.9. The molecule has 0 radical (unpaired) electrons. The van der Waals surface area contributed by atoms with Crippen LogP contribution in [-0.4, -0.2) is 21.3 Å². The van der Waals surface area contributed by atoms with Crippen molar-refractivity contribution in [2.75, 3.05) is 6.61 Å². The fourth-order valence-electron chi connectivity index (χ4n) is 6.71. The summed E-state index contributed by atoms with van der Waals surface area (Å²) in [6.07, 6.45) is 10.2. The third kappa shape index (κ3) is 2.92. The molecule has 2 aromatic carbocycles. The second-order valence-electron chi connectivity index (χ2n) is 10.0. The summed E-state index contributed by atoms with van der Waals surface area (Å²) in [5, 5.41) is 10.7. The Labute approximate surface area is 193 Å².